The van der Waals surface area contributed by atoms with E-state index in [2.05, 4.69) is 58.1 Å². The van der Waals surface area contributed by atoms with Gasteiger partial charge in [-0.3, -0.25) is 4.79 Å². The van der Waals surface area contributed by atoms with Crippen LogP contribution in [0.2, 0.25) is 0 Å². The fourth-order valence-electron chi connectivity index (χ4n) is 5.48. The Labute approximate surface area is 264 Å². The van der Waals surface area contributed by atoms with E-state index in [0.29, 0.717) is 30.8 Å². The topological polar surface area (TPSA) is 87.0 Å². The van der Waals surface area contributed by atoms with Crippen LogP contribution in [0.4, 0.5) is 11.4 Å². The van der Waals surface area contributed by atoms with Gasteiger partial charge in [-0.25, -0.2) is 0 Å². The van der Waals surface area contributed by atoms with Crippen molar-refractivity contribution < 1.29 is 36.2 Å². The molecule has 43 heavy (non-hydrogen) atoms. The summed E-state index contributed by atoms with van der Waals surface area (Å²) < 4.78 is 11.3. The number of nitrogens with zero attached hydrogens (tertiary/aromatic N) is 4. The van der Waals surface area contributed by atoms with E-state index in [1.165, 1.54) is 12.5 Å². The fourth-order valence-corrected chi connectivity index (χ4v) is 5.48. The van der Waals surface area contributed by atoms with E-state index in [4.69, 9.17) is 9.47 Å². The Morgan fingerprint density at radius 3 is 2.42 bits per heavy atom. The van der Waals surface area contributed by atoms with Crippen LogP contribution in [0.5, 0.6) is 5.75 Å². The number of fused-ring (bicyclic) bond motifs is 1. The zero-order valence-corrected chi connectivity index (χ0v) is 26.7. The molecule has 1 radical (unpaired) electrons. The van der Waals surface area contributed by atoms with Crippen molar-refractivity contribution in [2.45, 2.75) is 32.6 Å². The minimum Gasteiger partial charge on any atom is -0.492 e. The molecule has 8 nitrogen and oxygen atoms in total. The molecule has 0 spiro atoms. The molecule has 4 rings (SSSR count). The summed E-state index contributed by atoms with van der Waals surface area (Å²) in [5.41, 5.74) is 5.95. The maximum absolute atomic E-state index is 12.0. The molecule has 1 unspecified atom stereocenters. The van der Waals surface area contributed by atoms with Gasteiger partial charge in [-0.2, -0.15) is 5.10 Å². The van der Waals surface area contributed by atoms with Gasteiger partial charge in [0, 0.05) is 78.1 Å². The third-order valence-electron chi connectivity index (χ3n) is 7.61. The summed E-state index contributed by atoms with van der Waals surface area (Å²) >= 11 is 0. The Hall–Kier alpha value is -3.92. The second-order valence-corrected chi connectivity index (χ2v) is 10.6. The Morgan fingerprint density at radius 1 is 1.05 bits per heavy atom. The number of benzene rings is 3. The van der Waals surface area contributed by atoms with Crippen molar-refractivity contribution in [2.24, 2.45) is 10.2 Å². The average Bonchev–Trinajstić information content (AvgIpc) is 3.22. The van der Waals surface area contributed by atoms with Crippen LogP contribution in [-0.4, -0.2) is 64.0 Å². The number of methoxy groups -OCH3 is 1. The molecule has 3 aromatic carbocycles. The van der Waals surface area contributed by atoms with E-state index in [1.54, 1.807) is 37.6 Å². The van der Waals surface area contributed by atoms with E-state index in [1.807, 2.05) is 38.4 Å². The van der Waals surface area contributed by atoms with Crippen LogP contribution >= 0.6 is 0 Å². The molecule has 229 valence electrons. The number of Topliss-reactive ketones (excluding diaryl/α,β-unsaturated/α-hetero) is 1. The molecule has 0 amide bonds. The van der Waals surface area contributed by atoms with Crippen LogP contribution in [0, 0.1) is 0 Å². The van der Waals surface area contributed by atoms with E-state index in [9.17, 15) is 9.90 Å². The Balaban J connectivity index is 0.00000506. The number of likely N-dealkylation sites (N-methyl/N-ethyl adjacent to an activating group) is 1. The number of hydrogen-bond acceptors (Lipinski definition) is 7. The molecule has 0 saturated carbocycles. The van der Waals surface area contributed by atoms with Gasteiger partial charge in [-0.15, -0.1) is 5.10 Å². The molecule has 1 atom stereocenters. The zero-order chi connectivity index (χ0) is 30.3. The number of carbonyl (C=O) groups is 1. The van der Waals surface area contributed by atoms with E-state index in [-0.39, 0.29) is 28.5 Å². The number of anilines is 2. The molecule has 1 N–H and O–H groups in total. The number of carbonyl (C=O) groups excluding carboxylic acids is 1. The number of ether oxygens (including phenoxy) is 2. The predicted molar refractivity (Wildman–Crippen MR) is 171 cm³/mol. The number of rotatable bonds is 12. The summed E-state index contributed by atoms with van der Waals surface area (Å²) in [6.07, 6.45) is 4.25. The first-order valence-electron chi connectivity index (χ1n) is 14.1. The summed E-state index contributed by atoms with van der Waals surface area (Å²) in [5.74, 6) is 0.376. The van der Waals surface area contributed by atoms with Crippen molar-refractivity contribution in [1.82, 2.24) is 0 Å². The average molecular weight is 628 g/mol. The number of aliphatic hydroxyl groups excluding tert-OH is 1. The van der Waals surface area contributed by atoms with Crippen LogP contribution in [0.25, 0.3) is 0 Å². The SMILES string of the molecule is CCN1\C(=C/C=N/N=C(\O)c2ccccc2C(C)=O)C(C)(Cc2ccccc2OCCOC)c2cc(N(C)C)ccc21.[Co]. The smallest absolute Gasteiger partial charge is 0.238 e. The van der Waals surface area contributed by atoms with Gasteiger partial charge in [-0.1, -0.05) is 36.4 Å². The summed E-state index contributed by atoms with van der Waals surface area (Å²) in [7, 11) is 5.75. The maximum Gasteiger partial charge on any atom is 0.238 e. The summed E-state index contributed by atoms with van der Waals surface area (Å²) in [6, 6.07) is 21.5. The summed E-state index contributed by atoms with van der Waals surface area (Å²) in [6.45, 7) is 7.57. The van der Waals surface area contributed by atoms with Crippen molar-refractivity contribution >= 4 is 29.3 Å². The van der Waals surface area contributed by atoms with Crippen LogP contribution < -0.4 is 14.5 Å². The molecule has 0 fully saturated rings. The second kappa shape index (κ2) is 15.0. The normalized spacial score (nSPS) is 17.2. The third kappa shape index (κ3) is 7.36. The number of para-hydroxylation sites is 1. The van der Waals surface area contributed by atoms with E-state index < -0.39 is 5.41 Å². The summed E-state index contributed by atoms with van der Waals surface area (Å²) in [5, 5.41) is 18.8. The molecule has 0 saturated heterocycles. The largest absolute Gasteiger partial charge is 0.492 e. The van der Waals surface area contributed by atoms with Crippen LogP contribution in [0.15, 0.2) is 88.7 Å². The van der Waals surface area contributed by atoms with Gasteiger partial charge >= 0.3 is 0 Å². The van der Waals surface area contributed by atoms with Gasteiger partial charge in [0.2, 0.25) is 5.90 Å². The van der Waals surface area contributed by atoms with Crippen molar-refractivity contribution in [3.8, 4) is 5.75 Å². The number of aliphatic hydroxyl groups is 1. The van der Waals surface area contributed by atoms with Gasteiger partial charge < -0.3 is 24.4 Å². The number of ketones is 1. The first-order chi connectivity index (χ1) is 20.2. The Morgan fingerprint density at radius 2 is 1.74 bits per heavy atom. The monoisotopic (exact) mass is 627 g/mol. The Kier molecular flexibility index (Phi) is 11.7. The quantitative estimate of drug-likeness (QED) is 0.0847. The van der Waals surface area contributed by atoms with Gasteiger partial charge in [0.25, 0.3) is 0 Å². The Bertz CT molecular complexity index is 1520. The number of hydrogen-bond donors (Lipinski definition) is 1. The van der Waals surface area contributed by atoms with Crippen LogP contribution in [0.3, 0.4) is 0 Å². The van der Waals surface area contributed by atoms with Crippen LogP contribution in [-0.2, 0) is 33.4 Å². The molecule has 1 aliphatic heterocycles. The van der Waals surface area contributed by atoms with Crippen LogP contribution in [0.1, 0.15) is 47.8 Å². The number of allylic oxidation sites excluding steroid dienone is 2. The van der Waals surface area contributed by atoms with E-state index in [0.717, 1.165) is 34.9 Å². The fraction of sp³-hybridized carbons (Fsp3) is 0.324. The second-order valence-electron chi connectivity index (χ2n) is 10.6. The molecule has 3 aromatic rings. The third-order valence-corrected chi connectivity index (χ3v) is 7.61. The van der Waals surface area contributed by atoms with Gasteiger partial charge in [0.1, 0.15) is 12.4 Å². The molecule has 9 heteroatoms. The van der Waals surface area contributed by atoms with E-state index >= 15 is 0 Å². The van der Waals surface area contributed by atoms with Crippen molar-refractivity contribution in [3.05, 3.63) is 101 Å². The minimum atomic E-state index is -0.420. The van der Waals surface area contributed by atoms with Gasteiger partial charge in [0.05, 0.1) is 12.8 Å². The van der Waals surface area contributed by atoms with Crippen molar-refractivity contribution in [1.29, 1.82) is 0 Å². The molecule has 0 aliphatic carbocycles. The first kappa shape index (κ1) is 33.6. The van der Waals surface area contributed by atoms with Gasteiger partial charge in [0.15, 0.2) is 5.78 Å². The predicted octanol–water partition coefficient (Wildman–Crippen LogP) is 6.19. The molecular formula is C34H40CoN4O4. The maximum atomic E-state index is 12.0. The minimum absolute atomic E-state index is 0. The standard InChI is InChI=1S/C34H40N4O4.Co/c1-7-38-30-17-16-26(37(4)5)22-29(30)34(3,23-25-12-8-11-15-31(25)42-21-20-41-6)32(38)18-19-35-36-33(40)28-14-10-9-13-27(28)24(2)39;/h8-19,22H,7,20-21,23H2,1-6H3,(H,36,40);/b32-18-,35-19+;. The molecule has 0 bridgehead atoms. The zero-order valence-electron chi connectivity index (χ0n) is 25.6. The summed E-state index contributed by atoms with van der Waals surface area (Å²) in [4.78, 5) is 16.4. The van der Waals surface area contributed by atoms with Crippen molar-refractivity contribution in [3.63, 3.8) is 0 Å². The molecule has 0 aromatic heterocycles. The van der Waals surface area contributed by atoms with Crippen molar-refractivity contribution in [2.75, 3.05) is 50.8 Å². The molecule has 1 heterocycles. The molecule has 1 aliphatic rings. The first-order valence-corrected chi connectivity index (χ1v) is 14.1. The van der Waals surface area contributed by atoms with Gasteiger partial charge in [-0.05, 0) is 74.7 Å². The molecular weight excluding hydrogens is 587 g/mol.